The van der Waals surface area contributed by atoms with Gasteiger partial charge in [0, 0.05) is 19.5 Å². The van der Waals surface area contributed by atoms with E-state index >= 15 is 0 Å². The van der Waals surface area contributed by atoms with Gasteiger partial charge in [-0.1, -0.05) is 18.2 Å². The van der Waals surface area contributed by atoms with E-state index in [2.05, 4.69) is 25.7 Å². The highest BCUT2D eigenvalue weighted by Crippen LogP contribution is 2.18. The van der Waals surface area contributed by atoms with E-state index in [1.54, 1.807) is 11.7 Å². The molecule has 0 radical (unpaired) electrons. The third kappa shape index (κ3) is 4.21. The quantitative estimate of drug-likeness (QED) is 0.379. The molecule has 3 aromatic rings. The largest absolute Gasteiger partial charge is 0.459 e. The maximum absolute atomic E-state index is 5.76. The van der Waals surface area contributed by atoms with E-state index in [9.17, 15) is 0 Å². The Morgan fingerprint density at radius 2 is 2.04 bits per heavy atom. The molecule has 2 N–H and O–H groups in total. The van der Waals surface area contributed by atoms with Crippen molar-refractivity contribution in [1.29, 1.82) is 0 Å². The van der Waals surface area contributed by atoms with Gasteiger partial charge >= 0.3 is 0 Å². The molecule has 0 aliphatic heterocycles. The van der Waals surface area contributed by atoms with Crippen molar-refractivity contribution in [3.63, 3.8) is 0 Å². The standard InChI is InChI=1S/C15H18N6O.HI/c1-16-15(18-9-14-19-10-20-21(14)2)17-8-12-7-11-5-3-4-6-13(11)22-12;/h3-7,10H,8-9H2,1-2H3,(H2,16,17,18);1H. The van der Waals surface area contributed by atoms with E-state index in [0.29, 0.717) is 19.0 Å². The van der Waals surface area contributed by atoms with Crippen molar-refractivity contribution >= 4 is 40.9 Å². The molecule has 0 atom stereocenters. The summed E-state index contributed by atoms with van der Waals surface area (Å²) in [7, 11) is 3.58. The average molecular weight is 426 g/mol. The second kappa shape index (κ2) is 7.95. The van der Waals surface area contributed by atoms with Crippen LogP contribution in [0.15, 0.2) is 46.1 Å². The van der Waals surface area contributed by atoms with Crippen molar-refractivity contribution in [3.8, 4) is 0 Å². The number of halogens is 1. The van der Waals surface area contributed by atoms with Crippen LogP contribution < -0.4 is 10.6 Å². The van der Waals surface area contributed by atoms with Crippen molar-refractivity contribution in [2.24, 2.45) is 12.0 Å². The third-order valence-electron chi connectivity index (χ3n) is 3.35. The predicted octanol–water partition coefficient (Wildman–Crippen LogP) is 2.04. The van der Waals surface area contributed by atoms with Gasteiger partial charge < -0.3 is 15.1 Å². The Labute approximate surface area is 151 Å². The highest BCUT2D eigenvalue weighted by atomic mass is 127. The Morgan fingerprint density at radius 3 is 2.74 bits per heavy atom. The monoisotopic (exact) mass is 426 g/mol. The molecule has 0 spiro atoms. The number of fused-ring (bicyclic) bond motifs is 1. The minimum atomic E-state index is 0. The van der Waals surface area contributed by atoms with E-state index in [-0.39, 0.29) is 24.0 Å². The number of furan rings is 1. The lowest BCUT2D eigenvalue weighted by Gasteiger charge is -2.10. The van der Waals surface area contributed by atoms with Crippen molar-refractivity contribution in [1.82, 2.24) is 25.4 Å². The van der Waals surface area contributed by atoms with Gasteiger partial charge in [0.05, 0.1) is 13.1 Å². The Hall–Kier alpha value is -2.10. The van der Waals surface area contributed by atoms with Crippen LogP contribution >= 0.6 is 24.0 Å². The first-order chi connectivity index (χ1) is 10.8. The van der Waals surface area contributed by atoms with Crippen molar-refractivity contribution < 1.29 is 4.42 Å². The number of aromatic nitrogens is 3. The zero-order valence-electron chi connectivity index (χ0n) is 13.0. The van der Waals surface area contributed by atoms with E-state index in [1.165, 1.54) is 6.33 Å². The molecule has 0 aliphatic carbocycles. The van der Waals surface area contributed by atoms with Gasteiger partial charge in [-0.25, -0.2) is 4.98 Å². The topological polar surface area (TPSA) is 80.3 Å². The fourth-order valence-corrected chi connectivity index (χ4v) is 2.16. The first-order valence-electron chi connectivity index (χ1n) is 7.01. The van der Waals surface area contributed by atoms with Crippen molar-refractivity contribution in [2.45, 2.75) is 13.1 Å². The average Bonchev–Trinajstić information content (AvgIpc) is 3.13. The van der Waals surface area contributed by atoms with Crippen molar-refractivity contribution in [2.75, 3.05) is 7.05 Å². The molecule has 23 heavy (non-hydrogen) atoms. The fourth-order valence-electron chi connectivity index (χ4n) is 2.16. The fraction of sp³-hybridized carbons (Fsp3) is 0.267. The number of hydrogen-bond acceptors (Lipinski definition) is 4. The number of benzene rings is 1. The minimum Gasteiger partial charge on any atom is -0.459 e. The van der Waals surface area contributed by atoms with Crippen LogP contribution in [0.25, 0.3) is 11.0 Å². The summed E-state index contributed by atoms with van der Waals surface area (Å²) in [5.74, 6) is 2.39. The molecule has 0 saturated carbocycles. The molecular weight excluding hydrogens is 407 g/mol. The van der Waals surface area contributed by atoms with Gasteiger partial charge in [-0.15, -0.1) is 24.0 Å². The molecule has 0 unspecified atom stereocenters. The second-order valence-corrected chi connectivity index (χ2v) is 4.83. The number of hydrogen-bond donors (Lipinski definition) is 2. The van der Waals surface area contributed by atoms with Gasteiger partial charge in [-0.2, -0.15) is 5.10 Å². The molecule has 2 aromatic heterocycles. The molecule has 122 valence electrons. The lowest BCUT2D eigenvalue weighted by atomic mass is 10.2. The smallest absolute Gasteiger partial charge is 0.191 e. The van der Waals surface area contributed by atoms with E-state index in [1.807, 2.05) is 37.4 Å². The molecule has 0 bridgehead atoms. The molecular formula is C15H19IN6O. The molecule has 1 aromatic carbocycles. The third-order valence-corrected chi connectivity index (χ3v) is 3.35. The second-order valence-electron chi connectivity index (χ2n) is 4.83. The number of para-hydroxylation sites is 1. The van der Waals surface area contributed by atoms with E-state index in [0.717, 1.165) is 22.6 Å². The van der Waals surface area contributed by atoms with E-state index < -0.39 is 0 Å². The normalized spacial score (nSPS) is 11.3. The first kappa shape index (κ1) is 17.3. The van der Waals surface area contributed by atoms with Gasteiger partial charge in [0.25, 0.3) is 0 Å². The molecule has 8 heteroatoms. The van der Waals surface area contributed by atoms with Gasteiger partial charge in [-0.05, 0) is 12.1 Å². The maximum Gasteiger partial charge on any atom is 0.191 e. The summed E-state index contributed by atoms with van der Waals surface area (Å²) in [6.07, 6.45) is 1.53. The number of nitrogens with zero attached hydrogens (tertiary/aromatic N) is 4. The van der Waals surface area contributed by atoms with E-state index in [4.69, 9.17) is 4.42 Å². The SMILES string of the molecule is CN=C(NCc1cc2ccccc2o1)NCc1ncnn1C.I. The lowest BCUT2D eigenvalue weighted by Crippen LogP contribution is -2.36. The summed E-state index contributed by atoms with van der Waals surface area (Å²) in [5, 5.41) is 11.5. The molecule has 0 aliphatic rings. The highest BCUT2D eigenvalue weighted by Gasteiger charge is 2.05. The number of rotatable bonds is 4. The summed E-state index contributed by atoms with van der Waals surface area (Å²) in [6.45, 7) is 1.11. The Kier molecular flexibility index (Phi) is 5.97. The molecule has 7 nitrogen and oxygen atoms in total. The summed E-state index contributed by atoms with van der Waals surface area (Å²) in [4.78, 5) is 8.34. The Morgan fingerprint density at radius 1 is 1.26 bits per heavy atom. The van der Waals surface area contributed by atoms with Crippen LogP contribution in [0.4, 0.5) is 0 Å². The van der Waals surface area contributed by atoms with Crippen LogP contribution in [0.1, 0.15) is 11.6 Å². The predicted molar refractivity (Wildman–Crippen MR) is 99.7 cm³/mol. The molecule has 0 amide bonds. The summed E-state index contributed by atoms with van der Waals surface area (Å²) in [6, 6.07) is 9.97. The lowest BCUT2D eigenvalue weighted by molar-refractivity contribution is 0.538. The highest BCUT2D eigenvalue weighted by molar-refractivity contribution is 14.0. The van der Waals surface area contributed by atoms with Crippen LogP contribution in [0.2, 0.25) is 0 Å². The first-order valence-corrected chi connectivity index (χ1v) is 7.01. The molecule has 3 rings (SSSR count). The van der Waals surface area contributed by atoms with Crippen LogP contribution in [0.3, 0.4) is 0 Å². The van der Waals surface area contributed by atoms with Crippen LogP contribution in [-0.2, 0) is 20.1 Å². The van der Waals surface area contributed by atoms with Crippen LogP contribution in [-0.4, -0.2) is 27.8 Å². The van der Waals surface area contributed by atoms with Gasteiger partial charge in [0.1, 0.15) is 23.5 Å². The number of aliphatic imine (C=N–C) groups is 1. The molecule has 0 fully saturated rings. The number of nitrogens with one attached hydrogen (secondary N) is 2. The van der Waals surface area contributed by atoms with Gasteiger partial charge in [-0.3, -0.25) is 9.67 Å². The molecule has 0 saturated heterocycles. The maximum atomic E-state index is 5.76. The Balaban J connectivity index is 0.00000192. The summed E-state index contributed by atoms with van der Waals surface area (Å²) >= 11 is 0. The van der Waals surface area contributed by atoms with Crippen LogP contribution in [0, 0.1) is 0 Å². The van der Waals surface area contributed by atoms with Gasteiger partial charge in [0.15, 0.2) is 5.96 Å². The van der Waals surface area contributed by atoms with Gasteiger partial charge in [0.2, 0.25) is 0 Å². The zero-order chi connectivity index (χ0) is 15.4. The summed E-state index contributed by atoms with van der Waals surface area (Å²) < 4.78 is 7.48. The number of aryl methyl sites for hydroxylation is 1. The Bertz CT molecular complexity index is 761. The van der Waals surface area contributed by atoms with Crippen molar-refractivity contribution in [3.05, 3.63) is 48.2 Å². The molecule has 2 heterocycles. The number of guanidine groups is 1. The van der Waals surface area contributed by atoms with Crippen LogP contribution in [0.5, 0.6) is 0 Å². The zero-order valence-corrected chi connectivity index (χ0v) is 15.3. The minimum absolute atomic E-state index is 0. The summed E-state index contributed by atoms with van der Waals surface area (Å²) in [5.41, 5.74) is 0.890.